The number of thiophene rings is 1. The number of carbonyl (C=O) groups excluding carboxylic acids is 1. The van der Waals surface area contributed by atoms with Crippen molar-refractivity contribution in [2.24, 2.45) is 5.10 Å². The third-order valence-electron chi connectivity index (χ3n) is 4.03. The Kier molecular flexibility index (Phi) is 5.59. The van der Waals surface area contributed by atoms with Gasteiger partial charge in [-0.05, 0) is 29.6 Å². The molecular formula is C18H16N8O2S2. The molecular weight excluding hydrogens is 424 g/mol. The van der Waals surface area contributed by atoms with Gasteiger partial charge in [-0.1, -0.05) is 35.5 Å². The highest BCUT2D eigenvalue weighted by Gasteiger charge is 2.25. The van der Waals surface area contributed by atoms with E-state index in [-0.39, 0.29) is 17.3 Å². The van der Waals surface area contributed by atoms with Crippen molar-refractivity contribution in [3.8, 4) is 17.1 Å². The van der Waals surface area contributed by atoms with Crippen molar-refractivity contribution in [2.45, 2.75) is 11.1 Å². The average Bonchev–Trinajstić information content (AvgIpc) is 3.46. The van der Waals surface area contributed by atoms with Crippen LogP contribution in [0.5, 0.6) is 0 Å². The van der Waals surface area contributed by atoms with Crippen molar-refractivity contribution in [1.29, 1.82) is 0 Å². The molecule has 152 valence electrons. The van der Waals surface area contributed by atoms with Crippen LogP contribution in [0.25, 0.3) is 17.1 Å². The van der Waals surface area contributed by atoms with Crippen molar-refractivity contribution >= 4 is 41.0 Å². The number of amides is 1. The van der Waals surface area contributed by atoms with Crippen LogP contribution in [0, 0.1) is 6.92 Å². The van der Waals surface area contributed by atoms with Crippen LogP contribution < -0.4 is 11.2 Å². The lowest BCUT2D eigenvalue weighted by Gasteiger charge is -2.05. The quantitative estimate of drug-likeness (QED) is 0.265. The summed E-state index contributed by atoms with van der Waals surface area (Å²) in [6.07, 6.45) is 3.61. The van der Waals surface area contributed by atoms with Crippen LogP contribution in [0.4, 0.5) is 5.82 Å². The van der Waals surface area contributed by atoms with Crippen molar-refractivity contribution in [3.63, 3.8) is 0 Å². The minimum absolute atomic E-state index is 0.0273. The molecule has 1 aromatic carbocycles. The average molecular weight is 441 g/mol. The summed E-state index contributed by atoms with van der Waals surface area (Å²) in [6.45, 7) is 2.02. The van der Waals surface area contributed by atoms with Gasteiger partial charge in [0.15, 0.2) is 5.69 Å². The van der Waals surface area contributed by atoms with Crippen LogP contribution in [0.3, 0.4) is 0 Å². The summed E-state index contributed by atoms with van der Waals surface area (Å²) in [7, 11) is 0. The lowest BCUT2D eigenvalue weighted by Crippen LogP contribution is -2.19. The van der Waals surface area contributed by atoms with Crippen LogP contribution in [0.2, 0.25) is 0 Å². The fraction of sp³-hybridized carbons (Fsp3) is 0.111. The van der Waals surface area contributed by atoms with Crippen molar-refractivity contribution in [3.05, 3.63) is 52.5 Å². The third kappa shape index (κ3) is 3.82. The second kappa shape index (κ2) is 8.47. The molecule has 4 rings (SSSR count). The zero-order chi connectivity index (χ0) is 21.1. The molecule has 0 unspecified atom stereocenters. The number of thioether (sulfide) groups is 1. The smallest absolute Gasteiger partial charge is 0.294 e. The first-order valence-corrected chi connectivity index (χ1v) is 10.7. The molecule has 0 bridgehead atoms. The van der Waals surface area contributed by atoms with E-state index in [2.05, 4.69) is 35.8 Å². The van der Waals surface area contributed by atoms with Gasteiger partial charge in [0.05, 0.1) is 10.4 Å². The van der Waals surface area contributed by atoms with E-state index in [0.717, 1.165) is 9.77 Å². The first kappa shape index (κ1) is 19.8. The highest BCUT2D eigenvalue weighted by Crippen LogP contribution is 2.29. The number of aryl methyl sites for hydroxylation is 1. The number of hydrazone groups is 1. The minimum Gasteiger partial charge on any atom is -0.378 e. The van der Waals surface area contributed by atoms with Gasteiger partial charge in [-0.25, -0.2) is 10.1 Å². The van der Waals surface area contributed by atoms with Crippen molar-refractivity contribution in [2.75, 3.05) is 12.0 Å². The van der Waals surface area contributed by atoms with Gasteiger partial charge >= 0.3 is 0 Å². The van der Waals surface area contributed by atoms with Gasteiger partial charge < -0.3 is 5.73 Å². The van der Waals surface area contributed by atoms with Crippen LogP contribution >= 0.6 is 23.1 Å². The van der Waals surface area contributed by atoms with Gasteiger partial charge in [0.25, 0.3) is 5.91 Å². The second-order valence-electron chi connectivity index (χ2n) is 6.04. The van der Waals surface area contributed by atoms with E-state index in [4.69, 9.17) is 5.73 Å². The van der Waals surface area contributed by atoms with Crippen LogP contribution in [0.1, 0.15) is 20.9 Å². The first-order valence-electron chi connectivity index (χ1n) is 8.66. The van der Waals surface area contributed by atoms with Crippen molar-refractivity contribution in [1.82, 2.24) is 30.7 Å². The van der Waals surface area contributed by atoms with Crippen LogP contribution in [0.15, 0.2) is 50.3 Å². The van der Waals surface area contributed by atoms with Gasteiger partial charge in [-0.15, -0.1) is 28.2 Å². The SMILES string of the molecule is CSc1sc(C)cc1/C=N/NC(=O)c1nnn(-c2nonc2N)c1-c1ccccc1. The summed E-state index contributed by atoms with van der Waals surface area (Å²) in [5, 5.41) is 19.4. The molecule has 4 aromatic rings. The number of nitrogens with zero attached hydrogens (tertiary/aromatic N) is 6. The fourth-order valence-corrected chi connectivity index (χ4v) is 4.53. The van der Waals surface area contributed by atoms with E-state index in [9.17, 15) is 4.79 Å². The van der Waals surface area contributed by atoms with E-state index in [1.807, 2.05) is 49.6 Å². The summed E-state index contributed by atoms with van der Waals surface area (Å²) in [4.78, 5) is 14.0. The standard InChI is InChI=1S/C18H16N8O2S2/c1-10-8-12(18(29-2)30-10)9-20-22-17(27)13-14(11-6-4-3-5-7-11)26(25-21-13)16-15(19)23-28-24-16/h3-9H,1-2H3,(H2,19,23)(H,22,27)/b20-9+. The molecule has 0 aliphatic heterocycles. The van der Waals surface area contributed by atoms with Gasteiger partial charge in [-0.3, -0.25) is 4.79 Å². The number of hydrogen-bond acceptors (Lipinski definition) is 10. The molecule has 0 radical (unpaired) electrons. The Hall–Kier alpha value is -3.51. The highest BCUT2D eigenvalue weighted by molar-refractivity contribution is 8.00. The Morgan fingerprint density at radius 1 is 1.33 bits per heavy atom. The molecule has 3 N–H and O–H groups in total. The first-order chi connectivity index (χ1) is 14.6. The maximum absolute atomic E-state index is 12.8. The molecule has 0 spiro atoms. The maximum Gasteiger partial charge on any atom is 0.294 e. The highest BCUT2D eigenvalue weighted by atomic mass is 32.2. The van der Waals surface area contributed by atoms with Gasteiger partial charge in [-0.2, -0.15) is 9.78 Å². The van der Waals surface area contributed by atoms with E-state index in [0.29, 0.717) is 11.3 Å². The molecule has 3 heterocycles. The maximum atomic E-state index is 12.8. The molecule has 0 aliphatic carbocycles. The summed E-state index contributed by atoms with van der Waals surface area (Å²) in [6, 6.07) is 11.2. The normalized spacial score (nSPS) is 11.3. The molecule has 3 aromatic heterocycles. The van der Waals surface area contributed by atoms with Crippen LogP contribution in [-0.4, -0.2) is 43.7 Å². The van der Waals surface area contributed by atoms with Gasteiger partial charge in [0, 0.05) is 16.0 Å². The lowest BCUT2D eigenvalue weighted by molar-refractivity contribution is 0.0950. The summed E-state index contributed by atoms with van der Waals surface area (Å²) in [5.41, 5.74) is 10.4. The zero-order valence-corrected chi connectivity index (χ0v) is 17.6. The Bertz CT molecular complexity index is 1210. The number of nitrogen functional groups attached to an aromatic ring is 1. The number of nitrogens with two attached hydrogens (primary N) is 1. The molecule has 12 heteroatoms. The number of carbonyl (C=O) groups is 1. The van der Waals surface area contributed by atoms with E-state index in [1.165, 1.54) is 9.56 Å². The Labute approximate surface area is 179 Å². The lowest BCUT2D eigenvalue weighted by atomic mass is 10.1. The molecule has 0 atom stereocenters. The topological polar surface area (TPSA) is 137 Å². The Balaban J connectivity index is 1.67. The van der Waals surface area contributed by atoms with Gasteiger partial charge in [0.2, 0.25) is 11.6 Å². The predicted octanol–water partition coefficient (Wildman–Crippen LogP) is 2.76. The van der Waals surface area contributed by atoms with E-state index < -0.39 is 5.91 Å². The monoisotopic (exact) mass is 440 g/mol. The third-order valence-corrected chi connectivity index (χ3v) is 6.25. The molecule has 10 nitrogen and oxygen atoms in total. The van der Waals surface area contributed by atoms with Crippen LogP contribution in [-0.2, 0) is 0 Å². The second-order valence-corrected chi connectivity index (χ2v) is 8.37. The number of hydrogen-bond donors (Lipinski definition) is 2. The fourth-order valence-electron chi connectivity index (χ4n) is 2.75. The molecule has 0 fully saturated rings. The zero-order valence-electron chi connectivity index (χ0n) is 15.9. The molecule has 30 heavy (non-hydrogen) atoms. The summed E-state index contributed by atoms with van der Waals surface area (Å²) < 4.78 is 7.09. The van der Waals surface area contributed by atoms with Crippen molar-refractivity contribution < 1.29 is 9.42 Å². The number of nitrogens with one attached hydrogen (secondary N) is 1. The summed E-state index contributed by atoms with van der Waals surface area (Å²) in [5.74, 6) is -0.356. The molecule has 0 aliphatic rings. The number of rotatable bonds is 6. The Morgan fingerprint density at radius 2 is 2.13 bits per heavy atom. The van der Waals surface area contributed by atoms with Gasteiger partial charge in [0.1, 0.15) is 5.69 Å². The summed E-state index contributed by atoms with van der Waals surface area (Å²) >= 11 is 3.30. The Morgan fingerprint density at radius 3 is 2.83 bits per heavy atom. The predicted molar refractivity (Wildman–Crippen MR) is 115 cm³/mol. The molecule has 1 amide bonds. The van der Waals surface area contributed by atoms with E-state index in [1.54, 1.807) is 29.3 Å². The number of anilines is 1. The largest absolute Gasteiger partial charge is 0.378 e. The molecule has 0 saturated carbocycles. The van der Waals surface area contributed by atoms with E-state index >= 15 is 0 Å². The number of aromatic nitrogens is 5. The number of benzene rings is 1. The molecule has 0 saturated heterocycles. The minimum atomic E-state index is -0.524.